The van der Waals surface area contributed by atoms with Crippen molar-refractivity contribution in [2.75, 3.05) is 11.5 Å². The van der Waals surface area contributed by atoms with E-state index in [2.05, 4.69) is 5.32 Å². The number of carbonyl (C=O) groups excluding carboxylic acids is 1. The fourth-order valence-electron chi connectivity index (χ4n) is 1.15. The summed E-state index contributed by atoms with van der Waals surface area (Å²) >= 11 is 0. The lowest BCUT2D eigenvalue weighted by atomic mass is 10.2. The molecular weight excluding hydrogens is 184 g/mol. The van der Waals surface area contributed by atoms with Crippen LogP contribution in [0.15, 0.2) is 0 Å². The van der Waals surface area contributed by atoms with E-state index in [1.54, 1.807) is 0 Å². The van der Waals surface area contributed by atoms with Crippen LogP contribution in [0.2, 0.25) is 0 Å². The Morgan fingerprint density at radius 3 is 2.42 bits per heavy atom. The number of sulfone groups is 1. The molecule has 6 nitrogen and oxygen atoms in total. The van der Waals surface area contributed by atoms with Crippen LogP contribution >= 0.6 is 0 Å². The van der Waals surface area contributed by atoms with E-state index in [-0.39, 0.29) is 11.5 Å². The van der Waals surface area contributed by atoms with Crippen LogP contribution in [0, 0.1) is 0 Å². The number of rotatable bonds is 1. The SMILES string of the molecule is NC(=O)NC1CS(=O)(=O)CC1O. The number of aliphatic hydroxyl groups excluding tert-OH is 1. The number of hydrogen-bond acceptors (Lipinski definition) is 4. The van der Waals surface area contributed by atoms with E-state index in [1.807, 2.05) is 0 Å². The summed E-state index contributed by atoms with van der Waals surface area (Å²) in [6.07, 6.45) is -1.04. The maximum Gasteiger partial charge on any atom is 0.312 e. The molecule has 1 rings (SSSR count). The molecule has 0 radical (unpaired) electrons. The smallest absolute Gasteiger partial charge is 0.312 e. The van der Waals surface area contributed by atoms with Gasteiger partial charge in [0.25, 0.3) is 0 Å². The lowest BCUT2D eigenvalue weighted by Gasteiger charge is -2.11. The van der Waals surface area contributed by atoms with Gasteiger partial charge in [-0.25, -0.2) is 13.2 Å². The molecule has 70 valence electrons. The second kappa shape index (κ2) is 2.91. The van der Waals surface area contributed by atoms with Crippen molar-refractivity contribution >= 4 is 15.9 Å². The van der Waals surface area contributed by atoms with Gasteiger partial charge in [-0.15, -0.1) is 0 Å². The highest BCUT2D eigenvalue weighted by molar-refractivity contribution is 7.91. The number of aliphatic hydroxyl groups is 1. The summed E-state index contributed by atoms with van der Waals surface area (Å²) in [5, 5.41) is 11.3. The Kier molecular flexibility index (Phi) is 2.25. The van der Waals surface area contributed by atoms with Crippen LogP contribution in [-0.4, -0.2) is 43.2 Å². The third-order valence-corrected chi connectivity index (χ3v) is 3.37. The van der Waals surface area contributed by atoms with Gasteiger partial charge in [-0.1, -0.05) is 0 Å². The molecule has 2 atom stereocenters. The first-order valence-corrected chi connectivity index (χ1v) is 5.17. The molecule has 0 aromatic carbocycles. The number of hydrogen-bond donors (Lipinski definition) is 3. The van der Waals surface area contributed by atoms with Gasteiger partial charge in [0.05, 0.1) is 23.7 Å². The van der Waals surface area contributed by atoms with Crippen molar-refractivity contribution < 1.29 is 18.3 Å². The van der Waals surface area contributed by atoms with Crippen LogP contribution < -0.4 is 11.1 Å². The van der Waals surface area contributed by atoms with Gasteiger partial charge >= 0.3 is 6.03 Å². The van der Waals surface area contributed by atoms with Gasteiger partial charge in [0.15, 0.2) is 9.84 Å². The van der Waals surface area contributed by atoms with Crippen molar-refractivity contribution in [2.24, 2.45) is 5.73 Å². The molecule has 2 amide bonds. The highest BCUT2D eigenvalue weighted by Crippen LogP contribution is 2.11. The zero-order valence-corrected chi connectivity index (χ0v) is 7.04. The van der Waals surface area contributed by atoms with Crippen molar-refractivity contribution in [3.8, 4) is 0 Å². The monoisotopic (exact) mass is 194 g/mol. The van der Waals surface area contributed by atoms with Crippen molar-refractivity contribution in [3.05, 3.63) is 0 Å². The Hall–Kier alpha value is -0.820. The van der Waals surface area contributed by atoms with Crippen LogP contribution in [0.1, 0.15) is 0 Å². The summed E-state index contributed by atoms with van der Waals surface area (Å²) in [6, 6.07) is -1.58. The van der Waals surface area contributed by atoms with Gasteiger partial charge < -0.3 is 16.2 Å². The Bertz CT molecular complexity index is 286. The highest BCUT2D eigenvalue weighted by Gasteiger charge is 2.36. The maximum absolute atomic E-state index is 10.9. The molecule has 0 aromatic heterocycles. The molecule has 1 aliphatic heterocycles. The molecule has 0 aliphatic carbocycles. The Morgan fingerprint density at radius 1 is 1.50 bits per heavy atom. The predicted octanol–water partition coefficient (Wildman–Crippen LogP) is -2.19. The van der Waals surface area contributed by atoms with Gasteiger partial charge in [0.1, 0.15) is 0 Å². The molecule has 4 N–H and O–H groups in total. The minimum Gasteiger partial charge on any atom is -0.390 e. The molecule has 7 heteroatoms. The molecule has 1 aliphatic rings. The molecule has 0 saturated carbocycles. The number of nitrogens with one attached hydrogen (secondary N) is 1. The zero-order chi connectivity index (χ0) is 9.35. The van der Waals surface area contributed by atoms with Crippen LogP contribution in [0.5, 0.6) is 0 Å². The number of amides is 2. The quantitative estimate of drug-likeness (QED) is 0.440. The Balaban J connectivity index is 2.64. The molecule has 1 saturated heterocycles. The van der Waals surface area contributed by atoms with Crippen molar-refractivity contribution in [1.29, 1.82) is 0 Å². The van der Waals surface area contributed by atoms with Crippen molar-refractivity contribution in [1.82, 2.24) is 5.32 Å². The first-order chi connectivity index (χ1) is 5.41. The van der Waals surface area contributed by atoms with Crippen LogP contribution in [-0.2, 0) is 9.84 Å². The van der Waals surface area contributed by atoms with E-state index >= 15 is 0 Å². The molecule has 0 aromatic rings. The van der Waals surface area contributed by atoms with E-state index in [0.29, 0.717) is 0 Å². The summed E-state index contributed by atoms with van der Waals surface area (Å²) in [5.74, 6) is -0.547. The minimum absolute atomic E-state index is 0.239. The lowest BCUT2D eigenvalue weighted by molar-refractivity contribution is 0.166. The minimum atomic E-state index is -3.21. The lowest BCUT2D eigenvalue weighted by Crippen LogP contribution is -2.45. The largest absolute Gasteiger partial charge is 0.390 e. The summed E-state index contributed by atoms with van der Waals surface area (Å²) < 4.78 is 21.8. The molecule has 2 unspecified atom stereocenters. The molecular formula is C5H10N2O4S. The number of urea groups is 1. The van der Waals surface area contributed by atoms with Gasteiger partial charge in [0, 0.05) is 0 Å². The van der Waals surface area contributed by atoms with E-state index in [4.69, 9.17) is 10.8 Å². The zero-order valence-electron chi connectivity index (χ0n) is 6.23. The second-order valence-electron chi connectivity index (χ2n) is 2.76. The second-order valence-corrected chi connectivity index (χ2v) is 4.91. The maximum atomic E-state index is 10.9. The molecule has 12 heavy (non-hydrogen) atoms. The first-order valence-electron chi connectivity index (χ1n) is 3.35. The number of primary amides is 1. The fraction of sp³-hybridized carbons (Fsp3) is 0.800. The standard InChI is InChI=1S/C5H10N2O4S/c6-5(9)7-3-1-12(10,11)2-4(3)8/h3-4,8H,1-2H2,(H3,6,7,9). The van der Waals surface area contributed by atoms with E-state index in [9.17, 15) is 13.2 Å². The Labute approximate surface area is 69.7 Å². The average Bonchev–Trinajstić information content (AvgIpc) is 2.03. The summed E-state index contributed by atoms with van der Waals surface area (Å²) in [6.45, 7) is 0. The summed E-state index contributed by atoms with van der Waals surface area (Å²) in [4.78, 5) is 10.3. The van der Waals surface area contributed by atoms with E-state index in [0.717, 1.165) is 0 Å². The number of carbonyl (C=O) groups is 1. The van der Waals surface area contributed by atoms with Gasteiger partial charge in [-0.2, -0.15) is 0 Å². The summed E-state index contributed by atoms with van der Waals surface area (Å²) in [7, 11) is -3.21. The van der Waals surface area contributed by atoms with Gasteiger partial charge in [0.2, 0.25) is 0 Å². The molecule has 1 heterocycles. The average molecular weight is 194 g/mol. The van der Waals surface area contributed by atoms with Gasteiger partial charge in [-0.3, -0.25) is 0 Å². The van der Waals surface area contributed by atoms with E-state index < -0.39 is 28.0 Å². The number of nitrogens with two attached hydrogens (primary N) is 1. The predicted molar refractivity (Wildman–Crippen MR) is 41.2 cm³/mol. The first kappa shape index (κ1) is 9.27. The van der Waals surface area contributed by atoms with Crippen molar-refractivity contribution in [2.45, 2.75) is 12.1 Å². The highest BCUT2D eigenvalue weighted by atomic mass is 32.2. The van der Waals surface area contributed by atoms with Gasteiger partial charge in [-0.05, 0) is 0 Å². The van der Waals surface area contributed by atoms with Crippen LogP contribution in [0.3, 0.4) is 0 Å². The van der Waals surface area contributed by atoms with Crippen LogP contribution in [0.4, 0.5) is 4.79 Å². The molecule has 1 fully saturated rings. The molecule has 0 spiro atoms. The van der Waals surface area contributed by atoms with Crippen molar-refractivity contribution in [3.63, 3.8) is 0 Å². The fourth-order valence-corrected chi connectivity index (χ4v) is 2.89. The van der Waals surface area contributed by atoms with E-state index in [1.165, 1.54) is 0 Å². The summed E-state index contributed by atoms with van der Waals surface area (Å²) in [5.41, 5.74) is 4.77. The molecule has 0 bridgehead atoms. The third kappa shape index (κ3) is 2.08. The topological polar surface area (TPSA) is 109 Å². The third-order valence-electron chi connectivity index (χ3n) is 1.65. The van der Waals surface area contributed by atoms with Crippen LogP contribution in [0.25, 0.3) is 0 Å². The normalized spacial score (nSPS) is 33.1. The Morgan fingerprint density at radius 2 is 2.08 bits per heavy atom.